The summed E-state index contributed by atoms with van der Waals surface area (Å²) in [5, 5.41) is 23.1. The Morgan fingerprint density at radius 1 is 1.30 bits per heavy atom. The first-order chi connectivity index (χ1) is 14.3. The molecule has 154 valence electrons. The molecule has 0 radical (unpaired) electrons. The molecule has 0 aliphatic carbocycles. The molecule has 30 heavy (non-hydrogen) atoms. The highest BCUT2D eigenvalue weighted by Gasteiger charge is 2.17. The van der Waals surface area contributed by atoms with Gasteiger partial charge in [0.05, 0.1) is 13.1 Å². The zero-order chi connectivity index (χ0) is 21.4. The van der Waals surface area contributed by atoms with Crippen molar-refractivity contribution in [3.63, 3.8) is 0 Å². The SMILES string of the molecule is Cn1c(=O)c(C(N)=O)cn(Cc2nnn(C[C@H](O)c3cc4ccccc4o3)n2)c1=O. The van der Waals surface area contributed by atoms with Crippen LogP contribution in [0.2, 0.25) is 0 Å². The number of primary amides is 1. The molecule has 4 aromatic rings. The number of nitrogens with two attached hydrogens (primary N) is 1. The van der Waals surface area contributed by atoms with Crippen molar-refractivity contribution in [2.45, 2.75) is 19.2 Å². The number of carbonyl (C=O) groups is 1. The van der Waals surface area contributed by atoms with Crippen molar-refractivity contribution in [3.8, 4) is 0 Å². The van der Waals surface area contributed by atoms with Crippen LogP contribution in [0.1, 0.15) is 28.0 Å². The van der Waals surface area contributed by atoms with E-state index in [-0.39, 0.29) is 24.5 Å². The number of para-hydroxylation sites is 1. The minimum absolute atomic E-state index is 0.0263. The third-order valence-corrected chi connectivity index (χ3v) is 4.53. The highest BCUT2D eigenvalue weighted by molar-refractivity contribution is 5.92. The van der Waals surface area contributed by atoms with Crippen molar-refractivity contribution in [3.05, 3.63) is 74.5 Å². The number of rotatable bonds is 6. The molecule has 1 amide bonds. The number of benzene rings is 1. The summed E-state index contributed by atoms with van der Waals surface area (Å²) < 4.78 is 7.47. The third kappa shape index (κ3) is 3.51. The van der Waals surface area contributed by atoms with Crippen LogP contribution in [0.3, 0.4) is 0 Å². The fourth-order valence-corrected chi connectivity index (χ4v) is 2.99. The zero-order valence-electron chi connectivity index (χ0n) is 15.8. The highest BCUT2D eigenvalue weighted by atomic mass is 16.4. The summed E-state index contributed by atoms with van der Waals surface area (Å²) in [6, 6.07) is 9.09. The first kappa shape index (κ1) is 19.3. The molecule has 0 spiro atoms. The maximum absolute atomic E-state index is 12.3. The van der Waals surface area contributed by atoms with Crippen LogP contribution in [0.4, 0.5) is 0 Å². The minimum Gasteiger partial charge on any atom is -0.458 e. The van der Waals surface area contributed by atoms with Gasteiger partial charge in [-0.1, -0.05) is 18.2 Å². The molecule has 12 nitrogen and oxygen atoms in total. The average molecular weight is 411 g/mol. The molecular weight excluding hydrogens is 394 g/mol. The summed E-state index contributed by atoms with van der Waals surface area (Å²) in [5.41, 5.74) is 4.06. The Hall–Kier alpha value is -4.06. The van der Waals surface area contributed by atoms with Gasteiger partial charge in [0, 0.05) is 18.6 Å². The van der Waals surface area contributed by atoms with Crippen LogP contribution in [0.25, 0.3) is 11.0 Å². The van der Waals surface area contributed by atoms with Crippen LogP contribution in [0, 0.1) is 0 Å². The maximum atomic E-state index is 12.3. The lowest BCUT2D eigenvalue weighted by molar-refractivity contribution is 0.0997. The van der Waals surface area contributed by atoms with Crippen LogP contribution in [0.15, 0.2) is 50.5 Å². The Balaban J connectivity index is 1.54. The topological polar surface area (TPSA) is 164 Å². The molecule has 1 atom stereocenters. The van der Waals surface area contributed by atoms with E-state index in [0.717, 1.165) is 25.5 Å². The average Bonchev–Trinajstić information content (AvgIpc) is 3.34. The third-order valence-electron chi connectivity index (χ3n) is 4.53. The summed E-state index contributed by atoms with van der Waals surface area (Å²) in [5.74, 6) is -0.451. The predicted molar refractivity (Wildman–Crippen MR) is 103 cm³/mol. The van der Waals surface area contributed by atoms with Gasteiger partial charge in [0.15, 0.2) is 5.82 Å². The van der Waals surface area contributed by atoms with Gasteiger partial charge in [-0.05, 0) is 17.3 Å². The minimum atomic E-state index is -1.01. The van der Waals surface area contributed by atoms with Gasteiger partial charge in [0.2, 0.25) is 0 Å². The number of hydrogen-bond donors (Lipinski definition) is 2. The Morgan fingerprint density at radius 3 is 2.80 bits per heavy atom. The number of amides is 1. The van der Waals surface area contributed by atoms with Gasteiger partial charge < -0.3 is 15.3 Å². The zero-order valence-corrected chi connectivity index (χ0v) is 15.8. The first-order valence-electron chi connectivity index (χ1n) is 8.87. The van der Waals surface area contributed by atoms with Crippen LogP contribution < -0.4 is 17.0 Å². The molecule has 0 aliphatic rings. The second-order valence-corrected chi connectivity index (χ2v) is 6.64. The highest BCUT2D eigenvalue weighted by Crippen LogP contribution is 2.24. The molecule has 0 bridgehead atoms. The number of carbonyl (C=O) groups excluding carboxylic acids is 1. The van der Waals surface area contributed by atoms with Gasteiger partial charge in [0.1, 0.15) is 23.0 Å². The number of fused-ring (bicyclic) bond motifs is 1. The summed E-state index contributed by atoms with van der Waals surface area (Å²) in [6.45, 7) is -0.171. The Labute approximate surface area is 167 Å². The molecule has 3 heterocycles. The summed E-state index contributed by atoms with van der Waals surface area (Å²) >= 11 is 0. The Kier molecular flexibility index (Phi) is 4.75. The quantitative estimate of drug-likeness (QED) is 0.415. The summed E-state index contributed by atoms with van der Waals surface area (Å²) in [7, 11) is 1.24. The van der Waals surface area contributed by atoms with E-state index >= 15 is 0 Å². The molecule has 4 rings (SSSR count). The second-order valence-electron chi connectivity index (χ2n) is 6.64. The van der Waals surface area contributed by atoms with Crippen molar-refractivity contribution in [2.75, 3.05) is 0 Å². The van der Waals surface area contributed by atoms with E-state index in [1.807, 2.05) is 18.2 Å². The van der Waals surface area contributed by atoms with Gasteiger partial charge in [0.25, 0.3) is 11.5 Å². The summed E-state index contributed by atoms with van der Waals surface area (Å²) in [6.07, 6.45) is 0.0536. The number of tetrazole rings is 1. The van der Waals surface area contributed by atoms with Crippen LogP contribution in [0.5, 0.6) is 0 Å². The van der Waals surface area contributed by atoms with Gasteiger partial charge in [-0.3, -0.25) is 18.7 Å². The number of aliphatic hydroxyl groups is 1. The van der Waals surface area contributed by atoms with Crippen molar-refractivity contribution in [2.24, 2.45) is 12.8 Å². The molecular formula is C18H17N7O5. The van der Waals surface area contributed by atoms with E-state index < -0.39 is 23.3 Å². The van der Waals surface area contributed by atoms with Crippen molar-refractivity contribution in [1.29, 1.82) is 0 Å². The second kappa shape index (κ2) is 7.40. The van der Waals surface area contributed by atoms with E-state index in [9.17, 15) is 19.5 Å². The lowest BCUT2D eigenvalue weighted by Crippen LogP contribution is -2.42. The van der Waals surface area contributed by atoms with Crippen molar-refractivity contribution in [1.82, 2.24) is 29.3 Å². The smallest absolute Gasteiger partial charge is 0.331 e. The van der Waals surface area contributed by atoms with E-state index in [1.165, 1.54) is 7.05 Å². The molecule has 0 aliphatic heterocycles. The van der Waals surface area contributed by atoms with Gasteiger partial charge in [-0.15, -0.1) is 10.2 Å². The maximum Gasteiger partial charge on any atom is 0.331 e. The molecule has 0 saturated carbocycles. The number of furan rings is 1. The van der Waals surface area contributed by atoms with Crippen LogP contribution in [-0.2, 0) is 20.1 Å². The van der Waals surface area contributed by atoms with Gasteiger partial charge >= 0.3 is 5.69 Å². The molecule has 0 fully saturated rings. The first-order valence-corrected chi connectivity index (χ1v) is 8.87. The summed E-state index contributed by atoms with van der Waals surface area (Å²) in [4.78, 5) is 36.8. The monoisotopic (exact) mass is 411 g/mol. The normalized spacial score (nSPS) is 12.3. The van der Waals surface area contributed by atoms with Gasteiger partial charge in [-0.2, -0.15) is 4.80 Å². The van der Waals surface area contributed by atoms with E-state index in [4.69, 9.17) is 10.2 Å². The van der Waals surface area contributed by atoms with Crippen molar-refractivity contribution >= 4 is 16.9 Å². The lowest BCUT2D eigenvalue weighted by Gasteiger charge is -2.07. The molecule has 3 N–H and O–H groups in total. The largest absolute Gasteiger partial charge is 0.458 e. The number of aromatic nitrogens is 6. The van der Waals surface area contributed by atoms with Crippen molar-refractivity contribution < 1.29 is 14.3 Å². The molecule has 0 unspecified atom stereocenters. The molecule has 0 saturated heterocycles. The molecule has 3 aromatic heterocycles. The Morgan fingerprint density at radius 2 is 2.07 bits per heavy atom. The van der Waals surface area contributed by atoms with Gasteiger partial charge in [-0.25, -0.2) is 4.79 Å². The Bertz CT molecular complexity index is 1330. The molecule has 1 aromatic carbocycles. The lowest BCUT2D eigenvalue weighted by atomic mass is 10.2. The van der Waals surface area contributed by atoms with E-state index in [1.54, 1.807) is 12.1 Å². The standard InChI is InChI=1S/C18H17N7O5/c1-23-17(28)11(16(19)27)7-24(18(23)29)9-15-20-22-25(21-15)8-12(26)14-6-10-4-2-3-5-13(10)30-14/h2-7,12,26H,8-9H2,1H3,(H2,19,27)/t12-/m0/s1. The number of nitrogens with zero attached hydrogens (tertiary/aromatic N) is 6. The van der Waals surface area contributed by atoms with Crippen LogP contribution >= 0.6 is 0 Å². The number of hydrogen-bond acceptors (Lipinski definition) is 8. The fraction of sp³-hybridized carbons (Fsp3) is 0.222. The number of aliphatic hydroxyl groups excluding tert-OH is 1. The van der Waals surface area contributed by atoms with E-state index in [0.29, 0.717) is 11.3 Å². The molecule has 12 heteroatoms. The fourth-order valence-electron chi connectivity index (χ4n) is 2.99. The van der Waals surface area contributed by atoms with E-state index in [2.05, 4.69) is 15.4 Å². The predicted octanol–water partition coefficient (Wildman–Crippen LogP) is -0.839. The van der Waals surface area contributed by atoms with Crippen LogP contribution in [-0.4, -0.2) is 40.4 Å².